The monoisotopic (exact) mass is 351 g/mol. The summed E-state index contributed by atoms with van der Waals surface area (Å²) < 4.78 is 5.35. The second kappa shape index (κ2) is 7.31. The number of fused-ring (bicyclic) bond motifs is 1. The average Bonchev–Trinajstić information content (AvgIpc) is 3.05. The van der Waals surface area contributed by atoms with Gasteiger partial charge in [0.2, 0.25) is 5.91 Å². The van der Waals surface area contributed by atoms with Crippen molar-refractivity contribution in [2.75, 3.05) is 17.7 Å². The van der Waals surface area contributed by atoms with E-state index in [0.29, 0.717) is 22.7 Å². The fraction of sp³-hybridized carbons (Fsp3) is 0.200. The van der Waals surface area contributed by atoms with Gasteiger partial charge in [-0.25, -0.2) is 0 Å². The van der Waals surface area contributed by atoms with E-state index in [1.165, 1.54) is 6.92 Å². The highest BCUT2D eigenvalue weighted by Crippen LogP contribution is 2.29. The highest BCUT2D eigenvalue weighted by molar-refractivity contribution is 6.11. The van der Waals surface area contributed by atoms with Crippen molar-refractivity contribution in [1.29, 1.82) is 0 Å². The van der Waals surface area contributed by atoms with Crippen LogP contribution < -0.4 is 15.4 Å². The second-order valence-corrected chi connectivity index (χ2v) is 6.07. The molecule has 1 amide bonds. The molecule has 26 heavy (non-hydrogen) atoms. The molecule has 1 heterocycles. The molecular formula is C20H21N3O3. The minimum atomic E-state index is -0.476. The van der Waals surface area contributed by atoms with E-state index >= 15 is 0 Å². The average molecular weight is 351 g/mol. The van der Waals surface area contributed by atoms with Gasteiger partial charge in [0, 0.05) is 35.3 Å². The fourth-order valence-corrected chi connectivity index (χ4v) is 2.91. The summed E-state index contributed by atoms with van der Waals surface area (Å²) >= 11 is 0. The summed E-state index contributed by atoms with van der Waals surface area (Å²) in [5, 5.41) is 6.81. The lowest BCUT2D eigenvalue weighted by molar-refractivity contribution is -0.114. The Morgan fingerprint density at radius 3 is 2.65 bits per heavy atom. The molecule has 2 aromatic carbocycles. The molecule has 3 N–H and O–H groups in total. The van der Waals surface area contributed by atoms with Gasteiger partial charge >= 0.3 is 0 Å². The minimum absolute atomic E-state index is 0.0329. The number of carbonyl (C=O) groups excluding carboxylic acids is 2. The van der Waals surface area contributed by atoms with Gasteiger partial charge in [0.1, 0.15) is 5.75 Å². The standard InChI is InChI=1S/C20H21N3O3/c1-12(20(25)16-11-21-17-7-5-4-6-15(16)17)22-18-10-14(23-13(2)24)8-9-19(18)26-3/h4-12,21-22H,1-3H3,(H,23,24)/t12-/m1/s1. The molecule has 134 valence electrons. The number of methoxy groups -OCH3 is 1. The molecule has 3 rings (SSSR count). The van der Waals surface area contributed by atoms with E-state index in [-0.39, 0.29) is 11.7 Å². The second-order valence-electron chi connectivity index (χ2n) is 6.07. The summed E-state index contributed by atoms with van der Waals surface area (Å²) in [5.74, 6) is 0.399. The zero-order valence-corrected chi connectivity index (χ0v) is 14.9. The Morgan fingerprint density at radius 1 is 1.15 bits per heavy atom. The summed E-state index contributed by atoms with van der Waals surface area (Å²) in [7, 11) is 1.56. The highest BCUT2D eigenvalue weighted by atomic mass is 16.5. The molecule has 0 spiro atoms. The van der Waals surface area contributed by atoms with Crippen LogP contribution in [0.4, 0.5) is 11.4 Å². The maximum atomic E-state index is 12.9. The van der Waals surface area contributed by atoms with Crippen LogP contribution in [0.1, 0.15) is 24.2 Å². The molecule has 0 saturated heterocycles. The maximum Gasteiger partial charge on any atom is 0.221 e. The van der Waals surface area contributed by atoms with Crippen molar-refractivity contribution in [2.45, 2.75) is 19.9 Å². The van der Waals surface area contributed by atoms with Crippen LogP contribution in [-0.4, -0.2) is 29.8 Å². The van der Waals surface area contributed by atoms with Crippen molar-refractivity contribution < 1.29 is 14.3 Å². The molecule has 6 nitrogen and oxygen atoms in total. The SMILES string of the molecule is COc1ccc(NC(C)=O)cc1N[C@H](C)C(=O)c1c[nH]c2ccccc12. The van der Waals surface area contributed by atoms with Crippen LogP contribution in [0.25, 0.3) is 10.9 Å². The molecule has 6 heteroatoms. The lowest BCUT2D eigenvalue weighted by Gasteiger charge is -2.17. The lowest BCUT2D eigenvalue weighted by atomic mass is 10.0. The van der Waals surface area contributed by atoms with Gasteiger partial charge in [0.15, 0.2) is 5.78 Å². The molecule has 1 aromatic heterocycles. The number of aromatic nitrogens is 1. The first-order valence-corrected chi connectivity index (χ1v) is 8.32. The number of amides is 1. The number of anilines is 2. The first-order chi connectivity index (χ1) is 12.5. The maximum absolute atomic E-state index is 12.9. The lowest BCUT2D eigenvalue weighted by Crippen LogP contribution is -2.26. The van der Waals surface area contributed by atoms with Crippen molar-refractivity contribution in [3.8, 4) is 5.75 Å². The number of rotatable bonds is 6. The van der Waals surface area contributed by atoms with Crippen LogP contribution in [0.3, 0.4) is 0 Å². The summed E-state index contributed by atoms with van der Waals surface area (Å²) in [4.78, 5) is 27.3. The Balaban J connectivity index is 1.85. The Hall–Kier alpha value is -3.28. The van der Waals surface area contributed by atoms with Crippen molar-refractivity contribution in [1.82, 2.24) is 4.98 Å². The predicted molar refractivity (Wildman–Crippen MR) is 103 cm³/mol. The molecule has 0 aliphatic carbocycles. The van der Waals surface area contributed by atoms with Crippen LogP contribution in [0.5, 0.6) is 5.75 Å². The summed E-state index contributed by atoms with van der Waals surface area (Å²) in [6.07, 6.45) is 1.73. The summed E-state index contributed by atoms with van der Waals surface area (Å²) in [5.41, 5.74) is 2.83. The van der Waals surface area contributed by atoms with Gasteiger partial charge in [-0.05, 0) is 31.2 Å². The molecule has 0 radical (unpaired) electrons. The Bertz CT molecular complexity index is 962. The van der Waals surface area contributed by atoms with E-state index in [1.54, 1.807) is 38.4 Å². The smallest absolute Gasteiger partial charge is 0.221 e. The van der Waals surface area contributed by atoms with Gasteiger partial charge < -0.3 is 20.4 Å². The van der Waals surface area contributed by atoms with Crippen molar-refractivity contribution in [2.24, 2.45) is 0 Å². The van der Waals surface area contributed by atoms with Crippen LogP contribution in [0.15, 0.2) is 48.7 Å². The molecule has 0 bridgehead atoms. The number of carbonyl (C=O) groups is 2. The number of aromatic amines is 1. The third-order valence-electron chi connectivity index (χ3n) is 4.14. The van der Waals surface area contributed by atoms with E-state index < -0.39 is 6.04 Å². The zero-order chi connectivity index (χ0) is 18.7. The van der Waals surface area contributed by atoms with Gasteiger partial charge in [-0.2, -0.15) is 0 Å². The van der Waals surface area contributed by atoms with Gasteiger partial charge in [-0.1, -0.05) is 18.2 Å². The number of hydrogen-bond acceptors (Lipinski definition) is 4. The third kappa shape index (κ3) is 3.54. The number of hydrogen-bond donors (Lipinski definition) is 3. The number of Topliss-reactive ketones (excluding diaryl/α,β-unsaturated/α-hetero) is 1. The van der Waals surface area contributed by atoms with Crippen LogP contribution in [0, 0.1) is 0 Å². The third-order valence-corrected chi connectivity index (χ3v) is 4.14. The molecule has 0 fully saturated rings. The topological polar surface area (TPSA) is 83.2 Å². The Kier molecular flexibility index (Phi) is 4.93. The molecule has 1 atom stereocenters. The van der Waals surface area contributed by atoms with Gasteiger partial charge in [0.25, 0.3) is 0 Å². The summed E-state index contributed by atoms with van der Waals surface area (Å²) in [6, 6.07) is 12.5. The first-order valence-electron chi connectivity index (χ1n) is 8.32. The molecule has 0 saturated carbocycles. The number of ether oxygens (including phenoxy) is 1. The number of para-hydroxylation sites is 1. The number of ketones is 1. The van der Waals surface area contributed by atoms with Crippen molar-refractivity contribution in [3.05, 3.63) is 54.2 Å². The van der Waals surface area contributed by atoms with Crippen LogP contribution in [-0.2, 0) is 4.79 Å². The quantitative estimate of drug-likeness (QED) is 0.590. The molecule has 0 unspecified atom stereocenters. The Morgan fingerprint density at radius 2 is 1.92 bits per heavy atom. The van der Waals surface area contributed by atoms with Crippen LogP contribution in [0.2, 0.25) is 0 Å². The number of H-pyrrole nitrogens is 1. The molecule has 0 aliphatic rings. The van der Waals surface area contributed by atoms with E-state index in [0.717, 1.165) is 10.9 Å². The van der Waals surface area contributed by atoms with E-state index in [9.17, 15) is 9.59 Å². The van der Waals surface area contributed by atoms with Gasteiger partial charge in [-0.3, -0.25) is 9.59 Å². The number of benzene rings is 2. The number of nitrogens with one attached hydrogen (secondary N) is 3. The minimum Gasteiger partial charge on any atom is -0.495 e. The van der Waals surface area contributed by atoms with Crippen molar-refractivity contribution in [3.63, 3.8) is 0 Å². The highest BCUT2D eigenvalue weighted by Gasteiger charge is 2.20. The van der Waals surface area contributed by atoms with E-state index in [2.05, 4.69) is 15.6 Å². The first kappa shape index (κ1) is 17.5. The summed E-state index contributed by atoms with van der Waals surface area (Å²) in [6.45, 7) is 3.25. The normalized spacial score (nSPS) is 11.8. The molecule has 3 aromatic rings. The Labute approximate surface area is 151 Å². The largest absolute Gasteiger partial charge is 0.495 e. The van der Waals surface area contributed by atoms with Crippen molar-refractivity contribution >= 4 is 34.0 Å². The van der Waals surface area contributed by atoms with E-state index in [1.807, 2.05) is 24.3 Å². The molecule has 0 aliphatic heterocycles. The zero-order valence-electron chi connectivity index (χ0n) is 14.9. The molecular weight excluding hydrogens is 330 g/mol. The fourth-order valence-electron chi connectivity index (χ4n) is 2.91. The van der Waals surface area contributed by atoms with Gasteiger partial charge in [-0.15, -0.1) is 0 Å². The van der Waals surface area contributed by atoms with Crippen LogP contribution >= 0.6 is 0 Å². The van der Waals surface area contributed by atoms with E-state index in [4.69, 9.17) is 4.74 Å². The predicted octanol–water partition coefficient (Wildman–Crippen LogP) is 3.82. The van der Waals surface area contributed by atoms with Gasteiger partial charge in [0.05, 0.1) is 18.8 Å².